The Hall–Kier alpha value is -2.97. The minimum Gasteiger partial charge on any atom is -0.493 e. The van der Waals surface area contributed by atoms with Gasteiger partial charge in [0.15, 0.2) is 11.5 Å². The second-order valence-corrected chi connectivity index (χ2v) is 9.43. The average molecular weight is 501 g/mol. The second-order valence-electron chi connectivity index (χ2n) is 8.00. The third-order valence-corrected chi connectivity index (χ3v) is 6.85. The number of methoxy groups -OCH3 is 1. The summed E-state index contributed by atoms with van der Waals surface area (Å²) in [5, 5.41) is 0.185. The van der Waals surface area contributed by atoms with Crippen LogP contribution in [0, 0.1) is 0 Å². The maximum atomic E-state index is 13.0. The Kier molecular flexibility index (Phi) is 7.80. The van der Waals surface area contributed by atoms with E-state index < -0.39 is 11.1 Å². The van der Waals surface area contributed by atoms with Gasteiger partial charge in [-0.1, -0.05) is 35.9 Å². The Labute approximate surface area is 207 Å². The van der Waals surface area contributed by atoms with E-state index in [0.717, 1.165) is 41.5 Å². The van der Waals surface area contributed by atoms with E-state index >= 15 is 0 Å². The van der Waals surface area contributed by atoms with Gasteiger partial charge in [-0.25, -0.2) is 0 Å². The summed E-state index contributed by atoms with van der Waals surface area (Å²) in [7, 11) is 1.54. The summed E-state index contributed by atoms with van der Waals surface area (Å²) in [5.41, 5.74) is 1.51. The number of para-hydroxylation sites is 1. The number of imide groups is 1. The maximum Gasteiger partial charge on any atom is 0.294 e. The molecule has 2 aromatic carbocycles. The lowest BCUT2D eigenvalue weighted by atomic mass is 10.1. The molecular weight excluding hydrogens is 476 g/mol. The third kappa shape index (κ3) is 5.56. The van der Waals surface area contributed by atoms with E-state index in [2.05, 4.69) is 0 Å². The summed E-state index contributed by atoms with van der Waals surface area (Å²) in [6.07, 6.45) is 4.59. The van der Waals surface area contributed by atoms with Crippen molar-refractivity contribution in [3.05, 3.63) is 63.5 Å². The van der Waals surface area contributed by atoms with Crippen LogP contribution in [0.2, 0.25) is 5.02 Å². The normalized spacial score (nSPS) is 17.4. The van der Waals surface area contributed by atoms with E-state index in [1.54, 1.807) is 41.3 Å². The number of nitrogens with zero attached hydrogens (tertiary/aromatic N) is 2. The standard InChI is InChI=1S/C25H25ClN2O5S/c1-32-20-7-5-6-18(23(20)33-16-17-8-10-19(26)11-9-17)14-21-24(30)28(25(31)34-21)15-22(29)27-12-3-2-4-13-27/h5-11,14H,2-4,12-13,15-16H2,1H3/b21-14-. The zero-order chi connectivity index (χ0) is 24.1. The first kappa shape index (κ1) is 24.2. The van der Waals surface area contributed by atoms with E-state index in [1.807, 2.05) is 12.1 Å². The minimum atomic E-state index is -0.480. The number of piperidine rings is 1. The molecule has 0 bridgehead atoms. The number of ether oxygens (including phenoxy) is 2. The van der Waals surface area contributed by atoms with Gasteiger partial charge in [0, 0.05) is 23.7 Å². The summed E-state index contributed by atoms with van der Waals surface area (Å²) in [5.74, 6) is 0.279. The zero-order valence-corrected chi connectivity index (χ0v) is 20.4. The molecular formula is C25H25ClN2O5S. The first-order valence-electron chi connectivity index (χ1n) is 11.0. The quantitative estimate of drug-likeness (QED) is 0.499. The molecule has 2 aliphatic heterocycles. The van der Waals surface area contributed by atoms with Gasteiger partial charge in [-0.2, -0.15) is 0 Å². The predicted octanol–water partition coefficient (Wildman–Crippen LogP) is 4.98. The number of rotatable bonds is 7. The first-order valence-corrected chi connectivity index (χ1v) is 12.2. The van der Waals surface area contributed by atoms with Gasteiger partial charge in [0.05, 0.1) is 12.0 Å². The molecule has 0 unspecified atom stereocenters. The molecule has 7 nitrogen and oxygen atoms in total. The highest BCUT2D eigenvalue weighted by molar-refractivity contribution is 8.18. The lowest BCUT2D eigenvalue weighted by molar-refractivity contribution is -0.136. The molecule has 178 valence electrons. The number of likely N-dealkylation sites (tertiary alicyclic amines) is 1. The Morgan fingerprint density at radius 1 is 1.09 bits per heavy atom. The van der Waals surface area contributed by atoms with Crippen molar-refractivity contribution < 1.29 is 23.9 Å². The molecule has 0 saturated carbocycles. The van der Waals surface area contributed by atoms with Crippen molar-refractivity contribution in [2.45, 2.75) is 25.9 Å². The Morgan fingerprint density at radius 2 is 1.82 bits per heavy atom. The van der Waals surface area contributed by atoms with E-state index in [0.29, 0.717) is 35.2 Å². The van der Waals surface area contributed by atoms with Crippen molar-refractivity contribution in [2.75, 3.05) is 26.7 Å². The molecule has 3 amide bonds. The SMILES string of the molecule is COc1cccc(/C=C2\SC(=O)N(CC(=O)N3CCCCC3)C2=O)c1OCc1ccc(Cl)cc1. The number of amides is 3. The molecule has 2 aromatic rings. The van der Waals surface area contributed by atoms with Crippen LogP contribution in [0.4, 0.5) is 4.79 Å². The monoisotopic (exact) mass is 500 g/mol. The molecule has 0 aromatic heterocycles. The fraction of sp³-hybridized carbons (Fsp3) is 0.320. The Bertz CT molecular complexity index is 1110. The molecule has 2 fully saturated rings. The van der Waals surface area contributed by atoms with Crippen LogP contribution in [-0.4, -0.2) is 53.6 Å². The molecule has 4 rings (SSSR count). The van der Waals surface area contributed by atoms with Crippen LogP contribution in [0.15, 0.2) is 47.4 Å². The summed E-state index contributed by atoms with van der Waals surface area (Å²) in [4.78, 5) is 41.1. The van der Waals surface area contributed by atoms with E-state index in [-0.39, 0.29) is 24.0 Å². The lowest BCUT2D eigenvalue weighted by Gasteiger charge is -2.27. The number of carbonyl (C=O) groups is 3. The van der Waals surface area contributed by atoms with Gasteiger partial charge in [-0.05, 0) is 60.9 Å². The average Bonchev–Trinajstić information content (AvgIpc) is 3.11. The Morgan fingerprint density at radius 3 is 2.53 bits per heavy atom. The molecule has 2 saturated heterocycles. The van der Waals surface area contributed by atoms with Gasteiger partial charge < -0.3 is 14.4 Å². The number of carbonyl (C=O) groups excluding carboxylic acids is 3. The third-order valence-electron chi connectivity index (χ3n) is 5.69. The van der Waals surface area contributed by atoms with Crippen molar-refractivity contribution in [3.63, 3.8) is 0 Å². The molecule has 2 aliphatic rings. The van der Waals surface area contributed by atoms with Crippen LogP contribution in [0.3, 0.4) is 0 Å². The van der Waals surface area contributed by atoms with Gasteiger partial charge in [-0.3, -0.25) is 19.3 Å². The predicted molar refractivity (Wildman–Crippen MR) is 132 cm³/mol. The molecule has 0 spiro atoms. The van der Waals surface area contributed by atoms with Gasteiger partial charge in [-0.15, -0.1) is 0 Å². The topological polar surface area (TPSA) is 76.2 Å². The highest BCUT2D eigenvalue weighted by atomic mass is 35.5. The van der Waals surface area contributed by atoms with Crippen molar-refractivity contribution in [1.82, 2.24) is 9.80 Å². The van der Waals surface area contributed by atoms with Crippen LogP contribution < -0.4 is 9.47 Å². The number of thioether (sulfide) groups is 1. The van der Waals surface area contributed by atoms with Crippen LogP contribution >= 0.6 is 23.4 Å². The minimum absolute atomic E-state index is 0.198. The number of benzene rings is 2. The van der Waals surface area contributed by atoms with Gasteiger partial charge in [0.1, 0.15) is 13.2 Å². The van der Waals surface area contributed by atoms with E-state index in [4.69, 9.17) is 21.1 Å². The molecule has 0 aliphatic carbocycles. The van der Waals surface area contributed by atoms with Crippen molar-refractivity contribution in [3.8, 4) is 11.5 Å². The molecule has 9 heteroatoms. The summed E-state index contributed by atoms with van der Waals surface area (Å²) < 4.78 is 11.5. The lowest BCUT2D eigenvalue weighted by Crippen LogP contribution is -2.44. The number of hydrogen-bond acceptors (Lipinski definition) is 6. The smallest absolute Gasteiger partial charge is 0.294 e. The van der Waals surface area contributed by atoms with Gasteiger partial charge >= 0.3 is 0 Å². The molecule has 0 radical (unpaired) electrons. The molecule has 34 heavy (non-hydrogen) atoms. The molecule has 2 heterocycles. The van der Waals surface area contributed by atoms with E-state index in [1.165, 1.54) is 7.11 Å². The number of halogens is 1. The molecule has 0 N–H and O–H groups in total. The van der Waals surface area contributed by atoms with E-state index in [9.17, 15) is 14.4 Å². The number of hydrogen-bond donors (Lipinski definition) is 0. The maximum absolute atomic E-state index is 13.0. The first-order chi connectivity index (χ1) is 16.5. The van der Waals surface area contributed by atoms with Crippen LogP contribution in [0.25, 0.3) is 6.08 Å². The summed E-state index contributed by atoms with van der Waals surface area (Å²) in [6.45, 7) is 1.37. The zero-order valence-electron chi connectivity index (χ0n) is 18.8. The van der Waals surface area contributed by atoms with Crippen LogP contribution in [0.5, 0.6) is 11.5 Å². The van der Waals surface area contributed by atoms with Crippen molar-refractivity contribution >= 4 is 46.5 Å². The summed E-state index contributed by atoms with van der Waals surface area (Å²) >= 11 is 6.77. The summed E-state index contributed by atoms with van der Waals surface area (Å²) in [6, 6.07) is 12.6. The van der Waals surface area contributed by atoms with Crippen molar-refractivity contribution in [1.29, 1.82) is 0 Å². The van der Waals surface area contributed by atoms with Crippen LogP contribution in [-0.2, 0) is 16.2 Å². The fourth-order valence-electron chi connectivity index (χ4n) is 3.85. The van der Waals surface area contributed by atoms with Gasteiger partial charge in [0.2, 0.25) is 5.91 Å². The highest BCUT2D eigenvalue weighted by Crippen LogP contribution is 2.37. The van der Waals surface area contributed by atoms with Crippen LogP contribution in [0.1, 0.15) is 30.4 Å². The second kappa shape index (κ2) is 11.0. The molecule has 0 atom stereocenters. The Balaban J connectivity index is 1.52. The largest absolute Gasteiger partial charge is 0.493 e. The van der Waals surface area contributed by atoms with Crippen molar-refractivity contribution in [2.24, 2.45) is 0 Å². The highest BCUT2D eigenvalue weighted by Gasteiger charge is 2.37. The fourth-order valence-corrected chi connectivity index (χ4v) is 4.81. The van der Waals surface area contributed by atoms with Gasteiger partial charge in [0.25, 0.3) is 11.1 Å².